The van der Waals surface area contributed by atoms with Gasteiger partial charge in [0.15, 0.2) is 0 Å². The second kappa shape index (κ2) is 4.82. The number of hydrogen-bond acceptors (Lipinski definition) is 1. The van der Waals surface area contributed by atoms with Gasteiger partial charge in [-0.2, -0.15) is 0 Å². The van der Waals surface area contributed by atoms with Crippen LogP contribution < -0.4 is 0 Å². The first-order chi connectivity index (χ1) is 8.74. The van der Waals surface area contributed by atoms with Crippen LogP contribution >= 0.6 is 31.9 Å². The zero-order valence-corrected chi connectivity index (χ0v) is 12.6. The van der Waals surface area contributed by atoms with Gasteiger partial charge in [-0.3, -0.25) is 0 Å². The number of pyridine rings is 1. The molecule has 0 aliphatic rings. The molecule has 3 heteroatoms. The molecule has 0 aliphatic carbocycles. The summed E-state index contributed by atoms with van der Waals surface area (Å²) in [6.07, 6.45) is 0. The Kier molecular flexibility index (Phi) is 3.18. The van der Waals surface area contributed by atoms with E-state index in [-0.39, 0.29) is 0 Å². The standard InChI is InChI=1S/C15H9Br2N/c16-12-8-11-6-7-14(10-4-2-1-3-5-10)18-15(11)13(17)9-12/h1-9H. The highest BCUT2D eigenvalue weighted by atomic mass is 79.9. The third-order valence-electron chi connectivity index (χ3n) is 2.78. The Morgan fingerprint density at radius 2 is 1.61 bits per heavy atom. The lowest BCUT2D eigenvalue weighted by Crippen LogP contribution is -1.86. The van der Waals surface area contributed by atoms with Gasteiger partial charge in [0.05, 0.1) is 11.2 Å². The van der Waals surface area contributed by atoms with Crippen molar-refractivity contribution < 1.29 is 0 Å². The summed E-state index contributed by atoms with van der Waals surface area (Å²) in [7, 11) is 0. The van der Waals surface area contributed by atoms with Crippen molar-refractivity contribution in [2.45, 2.75) is 0 Å². The van der Waals surface area contributed by atoms with Crippen LogP contribution in [0.3, 0.4) is 0 Å². The summed E-state index contributed by atoms with van der Waals surface area (Å²) in [6, 6.07) is 18.4. The molecule has 3 rings (SSSR count). The number of rotatable bonds is 1. The van der Waals surface area contributed by atoms with Crippen LogP contribution in [0.5, 0.6) is 0 Å². The van der Waals surface area contributed by atoms with Crippen molar-refractivity contribution in [3.05, 3.63) is 63.5 Å². The zero-order valence-electron chi connectivity index (χ0n) is 9.40. The van der Waals surface area contributed by atoms with Gasteiger partial charge in [-0.05, 0) is 34.1 Å². The average molecular weight is 363 g/mol. The van der Waals surface area contributed by atoms with E-state index in [1.54, 1.807) is 0 Å². The Bertz CT molecular complexity index is 708. The fourth-order valence-corrected chi connectivity index (χ4v) is 3.27. The van der Waals surface area contributed by atoms with Gasteiger partial charge in [-0.15, -0.1) is 0 Å². The number of fused-ring (bicyclic) bond motifs is 1. The van der Waals surface area contributed by atoms with Crippen LogP contribution in [-0.2, 0) is 0 Å². The van der Waals surface area contributed by atoms with E-state index >= 15 is 0 Å². The molecule has 0 unspecified atom stereocenters. The summed E-state index contributed by atoms with van der Waals surface area (Å²) in [5.74, 6) is 0. The van der Waals surface area contributed by atoms with Crippen LogP contribution in [0.25, 0.3) is 22.2 Å². The number of halogens is 2. The van der Waals surface area contributed by atoms with Crippen LogP contribution in [0, 0.1) is 0 Å². The molecule has 0 saturated carbocycles. The molecule has 0 atom stereocenters. The second-order valence-corrected chi connectivity index (χ2v) is 5.79. The Balaban J connectivity index is 2.23. The van der Waals surface area contributed by atoms with Gasteiger partial charge in [0.1, 0.15) is 0 Å². The molecule has 0 amide bonds. The Hall–Kier alpha value is -1.19. The van der Waals surface area contributed by atoms with Crippen LogP contribution in [0.15, 0.2) is 63.5 Å². The maximum atomic E-state index is 4.72. The number of nitrogens with zero attached hydrogens (tertiary/aromatic N) is 1. The van der Waals surface area contributed by atoms with E-state index in [0.29, 0.717) is 0 Å². The van der Waals surface area contributed by atoms with Crippen molar-refractivity contribution in [3.63, 3.8) is 0 Å². The number of hydrogen-bond donors (Lipinski definition) is 0. The van der Waals surface area contributed by atoms with Gasteiger partial charge in [-0.1, -0.05) is 52.3 Å². The van der Waals surface area contributed by atoms with E-state index in [9.17, 15) is 0 Å². The summed E-state index contributed by atoms with van der Waals surface area (Å²) >= 11 is 7.05. The molecule has 1 heterocycles. The fourth-order valence-electron chi connectivity index (χ4n) is 1.93. The Morgan fingerprint density at radius 1 is 0.833 bits per heavy atom. The summed E-state index contributed by atoms with van der Waals surface area (Å²) in [4.78, 5) is 4.72. The Morgan fingerprint density at radius 3 is 2.39 bits per heavy atom. The van der Waals surface area contributed by atoms with Gasteiger partial charge in [0.2, 0.25) is 0 Å². The topological polar surface area (TPSA) is 12.9 Å². The molecule has 2 aromatic carbocycles. The van der Waals surface area contributed by atoms with E-state index in [4.69, 9.17) is 4.98 Å². The molecule has 18 heavy (non-hydrogen) atoms. The molecule has 0 spiro atoms. The largest absolute Gasteiger partial charge is 0.247 e. The molecule has 0 fully saturated rings. The predicted octanol–water partition coefficient (Wildman–Crippen LogP) is 5.43. The van der Waals surface area contributed by atoms with E-state index in [0.717, 1.165) is 31.1 Å². The molecule has 1 aromatic heterocycles. The first-order valence-corrected chi connectivity index (χ1v) is 7.14. The highest BCUT2D eigenvalue weighted by molar-refractivity contribution is 9.11. The quantitative estimate of drug-likeness (QED) is 0.562. The average Bonchev–Trinajstić information content (AvgIpc) is 2.39. The molecule has 0 saturated heterocycles. The second-order valence-electron chi connectivity index (χ2n) is 4.02. The van der Waals surface area contributed by atoms with Gasteiger partial charge >= 0.3 is 0 Å². The van der Waals surface area contributed by atoms with E-state index in [1.165, 1.54) is 0 Å². The molecule has 1 nitrogen and oxygen atoms in total. The molecule has 88 valence electrons. The van der Waals surface area contributed by atoms with Crippen LogP contribution in [0.1, 0.15) is 0 Å². The zero-order chi connectivity index (χ0) is 12.5. The minimum atomic E-state index is 0.986. The molecule has 0 bridgehead atoms. The van der Waals surface area contributed by atoms with Crippen molar-refractivity contribution in [2.75, 3.05) is 0 Å². The normalized spacial score (nSPS) is 10.8. The number of benzene rings is 2. The minimum Gasteiger partial charge on any atom is -0.247 e. The summed E-state index contributed by atoms with van der Waals surface area (Å²) in [6.45, 7) is 0. The van der Waals surface area contributed by atoms with Crippen molar-refractivity contribution >= 4 is 42.8 Å². The smallest absolute Gasteiger partial charge is 0.0852 e. The fraction of sp³-hybridized carbons (Fsp3) is 0. The monoisotopic (exact) mass is 361 g/mol. The van der Waals surface area contributed by atoms with Gasteiger partial charge in [0.25, 0.3) is 0 Å². The first kappa shape index (κ1) is 11.9. The summed E-state index contributed by atoms with van der Waals surface area (Å²) in [5, 5.41) is 1.12. The summed E-state index contributed by atoms with van der Waals surface area (Å²) in [5.41, 5.74) is 3.11. The van der Waals surface area contributed by atoms with Crippen LogP contribution in [0.2, 0.25) is 0 Å². The van der Waals surface area contributed by atoms with Crippen molar-refractivity contribution in [3.8, 4) is 11.3 Å². The van der Waals surface area contributed by atoms with Gasteiger partial charge < -0.3 is 0 Å². The first-order valence-electron chi connectivity index (χ1n) is 5.55. The predicted molar refractivity (Wildman–Crippen MR) is 82.6 cm³/mol. The van der Waals surface area contributed by atoms with E-state index in [2.05, 4.69) is 62.2 Å². The third-order valence-corrected chi connectivity index (χ3v) is 3.84. The van der Waals surface area contributed by atoms with Gasteiger partial charge in [-0.25, -0.2) is 4.98 Å². The molecule has 0 N–H and O–H groups in total. The maximum Gasteiger partial charge on any atom is 0.0852 e. The lowest BCUT2D eigenvalue weighted by molar-refractivity contribution is 1.39. The Labute approximate surface area is 122 Å². The third kappa shape index (κ3) is 2.20. The molecule has 0 aliphatic heterocycles. The van der Waals surface area contributed by atoms with Crippen molar-refractivity contribution in [1.82, 2.24) is 4.98 Å². The van der Waals surface area contributed by atoms with Gasteiger partial charge in [0, 0.05) is 19.9 Å². The number of aromatic nitrogens is 1. The molecular formula is C15H9Br2N. The highest BCUT2D eigenvalue weighted by Gasteiger charge is 2.05. The summed E-state index contributed by atoms with van der Waals surface area (Å²) < 4.78 is 2.06. The SMILES string of the molecule is Brc1cc(Br)c2nc(-c3ccccc3)ccc2c1. The van der Waals surface area contributed by atoms with E-state index in [1.807, 2.05) is 24.3 Å². The van der Waals surface area contributed by atoms with Crippen molar-refractivity contribution in [1.29, 1.82) is 0 Å². The maximum absolute atomic E-state index is 4.72. The van der Waals surface area contributed by atoms with Crippen molar-refractivity contribution in [2.24, 2.45) is 0 Å². The molecule has 0 radical (unpaired) electrons. The van der Waals surface area contributed by atoms with Crippen LogP contribution in [-0.4, -0.2) is 4.98 Å². The molecular weight excluding hydrogens is 354 g/mol. The van der Waals surface area contributed by atoms with Crippen LogP contribution in [0.4, 0.5) is 0 Å². The highest BCUT2D eigenvalue weighted by Crippen LogP contribution is 2.29. The van der Waals surface area contributed by atoms with E-state index < -0.39 is 0 Å². The lowest BCUT2D eigenvalue weighted by Gasteiger charge is -2.05. The molecule has 3 aromatic rings. The minimum absolute atomic E-state index is 0.986. The lowest BCUT2D eigenvalue weighted by atomic mass is 10.1.